The van der Waals surface area contributed by atoms with Crippen LogP contribution < -0.4 is 10.6 Å². The van der Waals surface area contributed by atoms with Crippen molar-refractivity contribution >= 4 is 23.4 Å². The molecule has 142 valence electrons. The lowest BCUT2D eigenvalue weighted by Crippen LogP contribution is -2.40. The molecule has 2 N–H and O–H groups in total. The first-order valence-electron chi connectivity index (χ1n) is 9.41. The summed E-state index contributed by atoms with van der Waals surface area (Å²) in [5.74, 6) is -1.38. The first-order valence-corrected chi connectivity index (χ1v) is 9.41. The zero-order chi connectivity index (χ0) is 19.2. The van der Waals surface area contributed by atoms with Crippen LogP contribution in [0, 0.1) is 17.2 Å². The SMILES string of the molecule is N#CC1CC(C(=O)Nc2ccccc2)CN1C(=O)CC(=O)NC1CCCC1. The Labute approximate surface area is 158 Å². The van der Waals surface area contributed by atoms with Gasteiger partial charge in [0.1, 0.15) is 12.5 Å². The maximum absolute atomic E-state index is 12.5. The van der Waals surface area contributed by atoms with Gasteiger partial charge in [0.15, 0.2) is 0 Å². The fourth-order valence-electron chi connectivity index (χ4n) is 3.78. The second-order valence-electron chi connectivity index (χ2n) is 7.20. The van der Waals surface area contributed by atoms with Gasteiger partial charge in [-0.25, -0.2) is 0 Å². The average molecular weight is 368 g/mol. The first kappa shape index (κ1) is 18.9. The van der Waals surface area contributed by atoms with Gasteiger partial charge >= 0.3 is 0 Å². The Morgan fingerprint density at radius 3 is 2.52 bits per heavy atom. The Balaban J connectivity index is 1.55. The fraction of sp³-hybridized carbons (Fsp3) is 0.500. The minimum absolute atomic E-state index is 0.153. The number of para-hydroxylation sites is 1. The van der Waals surface area contributed by atoms with Gasteiger partial charge in [0, 0.05) is 18.3 Å². The highest BCUT2D eigenvalue weighted by Gasteiger charge is 2.39. The number of carbonyl (C=O) groups is 3. The third-order valence-corrected chi connectivity index (χ3v) is 5.21. The summed E-state index contributed by atoms with van der Waals surface area (Å²) in [6.07, 6.45) is 4.10. The summed E-state index contributed by atoms with van der Waals surface area (Å²) in [5, 5.41) is 15.1. The molecule has 3 amide bonds. The average Bonchev–Trinajstić information content (AvgIpc) is 3.31. The maximum atomic E-state index is 12.5. The molecule has 1 saturated carbocycles. The molecule has 7 nitrogen and oxygen atoms in total. The number of nitrogens with zero attached hydrogens (tertiary/aromatic N) is 2. The van der Waals surface area contributed by atoms with E-state index in [2.05, 4.69) is 16.7 Å². The highest BCUT2D eigenvalue weighted by Crippen LogP contribution is 2.25. The summed E-state index contributed by atoms with van der Waals surface area (Å²) < 4.78 is 0. The van der Waals surface area contributed by atoms with Crippen LogP contribution in [0.5, 0.6) is 0 Å². The molecular formula is C20H24N4O3. The quantitative estimate of drug-likeness (QED) is 0.774. The van der Waals surface area contributed by atoms with Crippen molar-refractivity contribution in [2.75, 3.05) is 11.9 Å². The molecular weight excluding hydrogens is 344 g/mol. The molecule has 7 heteroatoms. The highest BCUT2D eigenvalue weighted by molar-refractivity contribution is 5.98. The van der Waals surface area contributed by atoms with Crippen LogP contribution in [-0.4, -0.2) is 41.2 Å². The first-order chi connectivity index (χ1) is 13.1. The van der Waals surface area contributed by atoms with Gasteiger partial charge in [0.05, 0.1) is 12.0 Å². The molecule has 3 rings (SSSR count). The van der Waals surface area contributed by atoms with Gasteiger partial charge in [-0.3, -0.25) is 14.4 Å². The van der Waals surface area contributed by atoms with Gasteiger partial charge in [-0.2, -0.15) is 5.26 Å². The van der Waals surface area contributed by atoms with Crippen LogP contribution in [0.2, 0.25) is 0 Å². The predicted octanol–water partition coefficient (Wildman–Crippen LogP) is 1.81. The number of anilines is 1. The summed E-state index contributed by atoms with van der Waals surface area (Å²) in [4.78, 5) is 38.4. The zero-order valence-electron chi connectivity index (χ0n) is 15.2. The van der Waals surface area contributed by atoms with E-state index in [0.717, 1.165) is 25.7 Å². The highest BCUT2D eigenvalue weighted by atomic mass is 16.2. The summed E-state index contributed by atoms with van der Waals surface area (Å²) in [6, 6.07) is 10.6. The second kappa shape index (κ2) is 8.67. The normalized spacial score (nSPS) is 22.3. The van der Waals surface area contributed by atoms with E-state index >= 15 is 0 Å². The topological polar surface area (TPSA) is 102 Å². The minimum Gasteiger partial charge on any atom is -0.353 e. The summed E-state index contributed by atoms with van der Waals surface area (Å²) in [7, 11) is 0. The van der Waals surface area contributed by atoms with Crippen molar-refractivity contribution in [1.82, 2.24) is 10.2 Å². The van der Waals surface area contributed by atoms with Gasteiger partial charge in [-0.15, -0.1) is 0 Å². The molecule has 2 atom stereocenters. The molecule has 0 spiro atoms. The molecule has 1 saturated heterocycles. The lowest BCUT2D eigenvalue weighted by atomic mass is 10.1. The Hall–Kier alpha value is -2.88. The second-order valence-corrected chi connectivity index (χ2v) is 7.20. The van der Waals surface area contributed by atoms with E-state index in [9.17, 15) is 19.6 Å². The van der Waals surface area contributed by atoms with Gasteiger partial charge < -0.3 is 15.5 Å². The smallest absolute Gasteiger partial charge is 0.233 e. The van der Waals surface area contributed by atoms with Gasteiger partial charge in [0.25, 0.3) is 0 Å². The molecule has 0 radical (unpaired) electrons. The van der Waals surface area contributed by atoms with Crippen LogP contribution in [0.1, 0.15) is 38.5 Å². The molecule has 1 aromatic carbocycles. The van der Waals surface area contributed by atoms with E-state index in [0.29, 0.717) is 5.69 Å². The van der Waals surface area contributed by atoms with Crippen LogP contribution in [-0.2, 0) is 14.4 Å². The van der Waals surface area contributed by atoms with Crippen molar-refractivity contribution in [1.29, 1.82) is 5.26 Å². The number of rotatable bonds is 5. The number of hydrogen-bond acceptors (Lipinski definition) is 4. The summed E-state index contributed by atoms with van der Waals surface area (Å²) in [6.45, 7) is 0.159. The Bertz CT molecular complexity index is 737. The van der Waals surface area contributed by atoms with Crippen LogP contribution in [0.15, 0.2) is 30.3 Å². The number of amides is 3. The van der Waals surface area contributed by atoms with Crippen molar-refractivity contribution in [3.63, 3.8) is 0 Å². The lowest BCUT2D eigenvalue weighted by Gasteiger charge is -2.20. The number of likely N-dealkylation sites (tertiary alicyclic amines) is 1. The number of hydrogen-bond donors (Lipinski definition) is 2. The van der Waals surface area contributed by atoms with E-state index in [1.165, 1.54) is 4.90 Å². The number of benzene rings is 1. The molecule has 1 heterocycles. The van der Waals surface area contributed by atoms with Gasteiger partial charge in [-0.1, -0.05) is 31.0 Å². The monoisotopic (exact) mass is 368 g/mol. The molecule has 0 aromatic heterocycles. The van der Waals surface area contributed by atoms with E-state index in [1.54, 1.807) is 12.1 Å². The van der Waals surface area contributed by atoms with Crippen molar-refractivity contribution in [2.45, 2.75) is 50.6 Å². The van der Waals surface area contributed by atoms with E-state index in [4.69, 9.17) is 0 Å². The number of nitriles is 1. The largest absolute Gasteiger partial charge is 0.353 e. The summed E-state index contributed by atoms with van der Waals surface area (Å²) >= 11 is 0. The standard InChI is InChI=1S/C20H24N4O3/c21-12-17-10-14(20(27)23-16-6-2-1-3-7-16)13-24(17)19(26)11-18(25)22-15-8-4-5-9-15/h1-3,6-7,14-15,17H,4-5,8-11,13H2,(H,22,25)(H,23,27). The number of carbonyl (C=O) groups excluding carboxylic acids is 3. The molecule has 1 aliphatic carbocycles. The van der Waals surface area contributed by atoms with Crippen molar-refractivity contribution < 1.29 is 14.4 Å². The van der Waals surface area contributed by atoms with Gasteiger partial charge in [-0.05, 0) is 31.4 Å². The lowest BCUT2D eigenvalue weighted by molar-refractivity contribution is -0.136. The molecule has 1 aromatic rings. The Morgan fingerprint density at radius 1 is 1.15 bits per heavy atom. The van der Waals surface area contributed by atoms with Crippen molar-refractivity contribution in [3.8, 4) is 6.07 Å². The van der Waals surface area contributed by atoms with Gasteiger partial charge in [0.2, 0.25) is 17.7 Å². The van der Waals surface area contributed by atoms with Crippen LogP contribution in [0.4, 0.5) is 5.69 Å². The molecule has 1 aliphatic heterocycles. The third-order valence-electron chi connectivity index (χ3n) is 5.21. The van der Waals surface area contributed by atoms with E-state index < -0.39 is 17.9 Å². The maximum Gasteiger partial charge on any atom is 0.233 e. The molecule has 0 bridgehead atoms. The predicted molar refractivity (Wildman–Crippen MR) is 99.3 cm³/mol. The van der Waals surface area contributed by atoms with Crippen molar-refractivity contribution in [3.05, 3.63) is 30.3 Å². The molecule has 2 unspecified atom stereocenters. The zero-order valence-corrected chi connectivity index (χ0v) is 15.2. The minimum atomic E-state index is -0.677. The van der Waals surface area contributed by atoms with Crippen molar-refractivity contribution in [2.24, 2.45) is 5.92 Å². The number of nitrogens with one attached hydrogen (secondary N) is 2. The molecule has 2 aliphatic rings. The fourth-order valence-corrected chi connectivity index (χ4v) is 3.78. The third kappa shape index (κ3) is 4.85. The van der Waals surface area contributed by atoms with Crippen LogP contribution in [0.25, 0.3) is 0 Å². The van der Waals surface area contributed by atoms with Crippen LogP contribution in [0.3, 0.4) is 0 Å². The van der Waals surface area contributed by atoms with Crippen LogP contribution >= 0.6 is 0 Å². The Morgan fingerprint density at radius 2 is 1.85 bits per heavy atom. The summed E-state index contributed by atoms with van der Waals surface area (Å²) in [5.41, 5.74) is 0.678. The van der Waals surface area contributed by atoms with E-state index in [1.807, 2.05) is 18.2 Å². The Kier molecular flexibility index (Phi) is 6.07. The molecule has 27 heavy (non-hydrogen) atoms. The molecule has 2 fully saturated rings. The van der Waals surface area contributed by atoms with E-state index in [-0.39, 0.29) is 37.2 Å².